The van der Waals surface area contributed by atoms with Crippen LogP contribution in [0, 0.1) is 30.6 Å². The molecule has 0 radical (unpaired) electrons. The van der Waals surface area contributed by atoms with Crippen LogP contribution >= 0.6 is 0 Å². The highest BCUT2D eigenvalue weighted by Gasteiger charge is 2.79. The van der Waals surface area contributed by atoms with Gasteiger partial charge in [-0.2, -0.15) is 0 Å². The molecule has 6 atom stereocenters. The molecule has 5 rings (SSSR count). The number of hydrogen-bond acceptors (Lipinski definition) is 3. The smallest absolute Gasteiger partial charge is 0.229 e. The minimum atomic E-state index is -0.736. The lowest BCUT2D eigenvalue weighted by Gasteiger charge is -2.41. The molecule has 2 bridgehead atoms. The molecule has 2 aliphatic carbocycles. The minimum Gasteiger partial charge on any atom is -0.340 e. The second-order valence-corrected chi connectivity index (χ2v) is 7.86. The number of carbonyl (C=O) groups is 2. The molecule has 4 aliphatic rings. The van der Waals surface area contributed by atoms with E-state index in [-0.39, 0.29) is 47.5 Å². The fourth-order valence-corrected chi connectivity index (χ4v) is 5.78. The van der Waals surface area contributed by atoms with E-state index in [1.54, 1.807) is 0 Å². The van der Waals surface area contributed by atoms with Gasteiger partial charge in [0.2, 0.25) is 5.91 Å². The molecule has 6 unspecified atom stereocenters. The van der Waals surface area contributed by atoms with Gasteiger partial charge in [-0.15, -0.1) is 0 Å². The normalized spacial score (nSPS) is 43.3. The number of aryl methyl sites for hydroxylation is 1. The molecule has 1 amide bonds. The van der Waals surface area contributed by atoms with Crippen LogP contribution in [-0.2, 0) is 20.1 Å². The van der Waals surface area contributed by atoms with Gasteiger partial charge < -0.3 is 9.64 Å². The largest absolute Gasteiger partial charge is 0.340 e. The fourth-order valence-electron chi connectivity index (χ4n) is 5.78. The molecule has 1 aromatic rings. The Hall–Kier alpha value is -1.68. The summed E-state index contributed by atoms with van der Waals surface area (Å²) in [6, 6.07) is 8.34. The summed E-state index contributed by atoms with van der Waals surface area (Å²) in [5, 5.41) is 0. The first kappa shape index (κ1) is 13.7. The topological polar surface area (TPSA) is 46.6 Å². The Morgan fingerprint density at radius 3 is 2.57 bits per heavy atom. The van der Waals surface area contributed by atoms with Crippen molar-refractivity contribution in [3.63, 3.8) is 0 Å². The maximum Gasteiger partial charge on any atom is 0.229 e. The minimum absolute atomic E-state index is 0.0580. The fraction of sp³-hybridized carbons (Fsp3) is 0.579. The van der Waals surface area contributed by atoms with E-state index < -0.39 is 5.72 Å². The van der Waals surface area contributed by atoms with Gasteiger partial charge in [0.05, 0.1) is 5.92 Å². The van der Waals surface area contributed by atoms with E-state index >= 15 is 0 Å². The predicted molar refractivity (Wildman–Crippen MR) is 83.3 cm³/mol. The maximum absolute atomic E-state index is 13.1. The molecule has 0 aromatic heterocycles. The highest BCUT2D eigenvalue weighted by molar-refractivity contribution is 5.98. The Kier molecular flexibility index (Phi) is 2.41. The molecular formula is C19H21NO3. The highest BCUT2D eigenvalue weighted by Crippen LogP contribution is 2.69. The Morgan fingerprint density at radius 1 is 1.22 bits per heavy atom. The second kappa shape index (κ2) is 4.04. The van der Waals surface area contributed by atoms with Crippen LogP contribution in [0.3, 0.4) is 0 Å². The third-order valence-electron chi connectivity index (χ3n) is 6.46. The van der Waals surface area contributed by atoms with Gasteiger partial charge in [-0.05, 0) is 27.2 Å². The molecule has 0 spiro atoms. The van der Waals surface area contributed by atoms with Crippen LogP contribution in [0.2, 0.25) is 0 Å². The van der Waals surface area contributed by atoms with Crippen molar-refractivity contribution in [3.8, 4) is 0 Å². The van der Waals surface area contributed by atoms with Gasteiger partial charge in [0.15, 0.2) is 11.5 Å². The third kappa shape index (κ3) is 1.34. The first-order valence-electron chi connectivity index (χ1n) is 8.58. The zero-order valence-electron chi connectivity index (χ0n) is 13.7. The summed E-state index contributed by atoms with van der Waals surface area (Å²) in [6.45, 7) is 6.14. The number of ether oxygens (including phenoxy) is 1. The van der Waals surface area contributed by atoms with Gasteiger partial charge in [-0.1, -0.05) is 29.8 Å². The molecule has 2 saturated heterocycles. The zero-order chi connectivity index (χ0) is 16.1. The first-order valence-corrected chi connectivity index (χ1v) is 8.58. The lowest BCUT2D eigenvalue weighted by Crippen LogP contribution is -2.51. The molecule has 2 heterocycles. The van der Waals surface area contributed by atoms with Crippen LogP contribution in [0.25, 0.3) is 0 Å². The summed E-state index contributed by atoms with van der Waals surface area (Å²) in [6.07, 6.45) is 0.529. The van der Waals surface area contributed by atoms with E-state index in [9.17, 15) is 9.59 Å². The van der Waals surface area contributed by atoms with E-state index in [1.807, 2.05) is 18.7 Å². The molecule has 4 heteroatoms. The van der Waals surface area contributed by atoms with Crippen molar-refractivity contribution in [3.05, 3.63) is 35.4 Å². The Labute approximate surface area is 135 Å². The van der Waals surface area contributed by atoms with Gasteiger partial charge in [-0.3, -0.25) is 9.59 Å². The van der Waals surface area contributed by atoms with Crippen molar-refractivity contribution in [1.82, 2.24) is 4.90 Å². The van der Waals surface area contributed by atoms with Crippen LogP contribution in [0.4, 0.5) is 0 Å². The standard InChI is InChI=1S/C19H21NO3/c1-9(2)20-18(22)14-12-8-13-15(14)19(20,23-17(13)16(12)21)11-6-4-10(3)5-7-11/h4-7,9,12-15,17H,8H2,1-3H3. The van der Waals surface area contributed by atoms with E-state index in [2.05, 4.69) is 31.2 Å². The summed E-state index contributed by atoms with van der Waals surface area (Å²) >= 11 is 0. The SMILES string of the molecule is Cc1ccc(C23OC4C(=O)C5CC4C2C5C(=O)N3C(C)C)cc1. The van der Waals surface area contributed by atoms with Crippen molar-refractivity contribution < 1.29 is 14.3 Å². The van der Waals surface area contributed by atoms with Crippen LogP contribution in [-0.4, -0.2) is 28.7 Å². The number of Topliss-reactive ketones (excluding diaryl/α,β-unsaturated/α-hetero) is 1. The molecular weight excluding hydrogens is 290 g/mol. The maximum atomic E-state index is 13.1. The Balaban J connectivity index is 1.75. The van der Waals surface area contributed by atoms with Crippen molar-refractivity contribution in [1.29, 1.82) is 0 Å². The monoisotopic (exact) mass is 311 g/mol. The van der Waals surface area contributed by atoms with E-state index in [0.717, 1.165) is 12.0 Å². The van der Waals surface area contributed by atoms with Crippen LogP contribution in [0.1, 0.15) is 31.4 Å². The van der Waals surface area contributed by atoms with Crippen molar-refractivity contribution in [2.24, 2.45) is 23.7 Å². The molecule has 2 aliphatic heterocycles. The van der Waals surface area contributed by atoms with E-state index in [1.165, 1.54) is 5.56 Å². The van der Waals surface area contributed by atoms with Crippen molar-refractivity contribution in [2.75, 3.05) is 0 Å². The Morgan fingerprint density at radius 2 is 1.91 bits per heavy atom. The predicted octanol–water partition coefficient (Wildman–Crippen LogP) is 2.25. The average Bonchev–Trinajstić information content (AvgIpc) is 3.15. The summed E-state index contributed by atoms with van der Waals surface area (Å²) in [5.74, 6) is 0.347. The molecule has 1 aromatic carbocycles. The number of rotatable bonds is 2. The molecule has 23 heavy (non-hydrogen) atoms. The summed E-state index contributed by atoms with van der Waals surface area (Å²) in [5.41, 5.74) is 1.48. The number of ketones is 1. The lowest BCUT2D eigenvalue weighted by molar-refractivity contribution is -0.179. The van der Waals surface area contributed by atoms with Crippen molar-refractivity contribution in [2.45, 2.75) is 45.1 Å². The second-order valence-electron chi connectivity index (χ2n) is 7.86. The van der Waals surface area contributed by atoms with Crippen LogP contribution in [0.5, 0.6) is 0 Å². The van der Waals surface area contributed by atoms with E-state index in [0.29, 0.717) is 0 Å². The number of carbonyl (C=O) groups excluding carboxylic acids is 2. The number of benzene rings is 1. The average molecular weight is 311 g/mol. The van der Waals surface area contributed by atoms with Gasteiger partial charge >= 0.3 is 0 Å². The van der Waals surface area contributed by atoms with Crippen molar-refractivity contribution >= 4 is 11.7 Å². The van der Waals surface area contributed by atoms with Crippen LogP contribution in [0.15, 0.2) is 24.3 Å². The third-order valence-corrected chi connectivity index (χ3v) is 6.46. The van der Waals surface area contributed by atoms with Gasteiger partial charge in [-0.25, -0.2) is 0 Å². The zero-order valence-corrected chi connectivity index (χ0v) is 13.7. The number of likely N-dealkylation sites (tertiary alicyclic amines) is 1. The quantitative estimate of drug-likeness (QED) is 0.841. The summed E-state index contributed by atoms with van der Waals surface area (Å²) in [4.78, 5) is 27.6. The molecule has 120 valence electrons. The Bertz CT molecular complexity index is 725. The number of fused-ring (bicyclic) bond motifs is 2. The summed E-state index contributed by atoms with van der Waals surface area (Å²) in [7, 11) is 0. The summed E-state index contributed by atoms with van der Waals surface area (Å²) < 4.78 is 6.46. The molecule has 0 N–H and O–H groups in total. The molecule has 4 nitrogen and oxygen atoms in total. The number of hydrogen-bond donors (Lipinski definition) is 0. The van der Waals surface area contributed by atoms with Gasteiger partial charge in [0, 0.05) is 29.4 Å². The van der Waals surface area contributed by atoms with Crippen LogP contribution < -0.4 is 0 Å². The molecule has 4 fully saturated rings. The first-order chi connectivity index (χ1) is 11.0. The number of nitrogens with zero attached hydrogens (tertiary/aromatic N) is 1. The lowest BCUT2D eigenvalue weighted by atomic mass is 9.76. The number of amides is 1. The van der Waals surface area contributed by atoms with Gasteiger partial charge in [0.25, 0.3) is 0 Å². The van der Waals surface area contributed by atoms with Gasteiger partial charge in [0.1, 0.15) is 6.10 Å². The molecule has 2 saturated carbocycles. The highest BCUT2D eigenvalue weighted by atomic mass is 16.5. The van der Waals surface area contributed by atoms with E-state index in [4.69, 9.17) is 4.74 Å².